The van der Waals surface area contributed by atoms with Crippen LogP contribution in [-0.2, 0) is 11.4 Å². The number of carbonyl (C=O) groups is 1. The van der Waals surface area contributed by atoms with Gasteiger partial charge in [-0.15, -0.1) is 10.2 Å². The molecule has 2 unspecified atom stereocenters. The highest BCUT2D eigenvalue weighted by molar-refractivity contribution is 8.00. The summed E-state index contributed by atoms with van der Waals surface area (Å²) in [7, 11) is 0. The molecule has 0 bridgehead atoms. The number of ether oxygens (including phenoxy) is 1. The van der Waals surface area contributed by atoms with Crippen molar-refractivity contribution in [1.29, 1.82) is 0 Å². The van der Waals surface area contributed by atoms with Crippen LogP contribution in [0.15, 0.2) is 90.1 Å². The Bertz CT molecular complexity index is 1230. The van der Waals surface area contributed by atoms with Crippen LogP contribution in [0.1, 0.15) is 31.3 Å². The zero-order valence-corrected chi connectivity index (χ0v) is 20.5. The van der Waals surface area contributed by atoms with Gasteiger partial charge < -0.3 is 10.1 Å². The van der Waals surface area contributed by atoms with Gasteiger partial charge in [0.15, 0.2) is 11.0 Å². The van der Waals surface area contributed by atoms with Crippen molar-refractivity contribution < 1.29 is 9.53 Å². The molecule has 34 heavy (non-hydrogen) atoms. The molecule has 3 aromatic carbocycles. The minimum atomic E-state index is -0.379. The number of hydrogen-bond acceptors (Lipinski definition) is 5. The summed E-state index contributed by atoms with van der Waals surface area (Å²) in [6, 6.07) is 26.9. The van der Waals surface area contributed by atoms with Crippen LogP contribution in [0.25, 0.3) is 5.69 Å². The Morgan fingerprint density at radius 3 is 2.32 bits per heavy atom. The first kappa shape index (κ1) is 23.9. The maximum Gasteiger partial charge on any atom is 0.233 e. The summed E-state index contributed by atoms with van der Waals surface area (Å²) in [5.74, 6) is 1.11. The van der Waals surface area contributed by atoms with E-state index >= 15 is 0 Å². The average Bonchev–Trinajstić information content (AvgIpc) is 3.26. The molecular weight excluding hydrogens is 468 g/mol. The standard InChI is InChI=1S/C26H25ClN4O2S/c1-18(20-11-5-3-6-12-20)28-25(32)19(2)34-26-30-29-24(31(26)21-13-7-4-8-14-21)17-33-23-16-10-9-15-22(23)27/h3-16,18-19H,17H2,1-2H3,(H,28,32). The molecule has 4 aromatic rings. The number of amides is 1. The Morgan fingerprint density at radius 1 is 0.971 bits per heavy atom. The topological polar surface area (TPSA) is 69.0 Å². The van der Waals surface area contributed by atoms with E-state index < -0.39 is 0 Å². The molecule has 8 heteroatoms. The number of carbonyl (C=O) groups excluding carboxylic acids is 1. The second-order valence-corrected chi connectivity index (χ2v) is 9.41. The minimum absolute atomic E-state index is 0.0715. The van der Waals surface area contributed by atoms with Gasteiger partial charge in [-0.1, -0.05) is 84.0 Å². The Kier molecular flexibility index (Phi) is 7.87. The van der Waals surface area contributed by atoms with Crippen LogP contribution >= 0.6 is 23.4 Å². The molecular formula is C26H25ClN4O2S. The molecule has 6 nitrogen and oxygen atoms in total. The van der Waals surface area contributed by atoms with Crippen LogP contribution in [0.3, 0.4) is 0 Å². The Labute approximate surface area is 208 Å². The van der Waals surface area contributed by atoms with Gasteiger partial charge >= 0.3 is 0 Å². The quantitative estimate of drug-likeness (QED) is 0.296. The molecule has 4 rings (SSSR count). The summed E-state index contributed by atoms with van der Waals surface area (Å²) in [5, 5.41) is 12.6. The highest BCUT2D eigenvalue weighted by Gasteiger charge is 2.22. The van der Waals surface area contributed by atoms with E-state index in [-0.39, 0.29) is 23.8 Å². The summed E-state index contributed by atoms with van der Waals surface area (Å²) in [6.45, 7) is 4.01. The van der Waals surface area contributed by atoms with Gasteiger partial charge in [-0.25, -0.2) is 0 Å². The number of aromatic nitrogens is 3. The van der Waals surface area contributed by atoms with Crippen LogP contribution in [0.2, 0.25) is 5.02 Å². The van der Waals surface area contributed by atoms with Crippen molar-refractivity contribution in [2.45, 2.75) is 36.9 Å². The van der Waals surface area contributed by atoms with Crippen LogP contribution in [0, 0.1) is 0 Å². The maximum absolute atomic E-state index is 12.9. The van der Waals surface area contributed by atoms with E-state index in [1.807, 2.05) is 97.3 Å². The Balaban J connectivity index is 1.52. The van der Waals surface area contributed by atoms with E-state index in [1.165, 1.54) is 11.8 Å². The van der Waals surface area contributed by atoms with Gasteiger partial charge in [-0.2, -0.15) is 0 Å². The maximum atomic E-state index is 12.9. The smallest absolute Gasteiger partial charge is 0.233 e. The predicted molar refractivity (Wildman–Crippen MR) is 135 cm³/mol. The van der Waals surface area contributed by atoms with Crippen molar-refractivity contribution >= 4 is 29.3 Å². The first-order chi connectivity index (χ1) is 16.5. The lowest BCUT2D eigenvalue weighted by Crippen LogP contribution is -2.33. The SMILES string of the molecule is CC(Sc1nnc(COc2ccccc2Cl)n1-c1ccccc1)C(=O)NC(C)c1ccccc1. The molecule has 0 radical (unpaired) electrons. The number of para-hydroxylation sites is 2. The number of nitrogens with zero attached hydrogens (tertiary/aromatic N) is 3. The van der Waals surface area contributed by atoms with Gasteiger partial charge in [0.25, 0.3) is 0 Å². The van der Waals surface area contributed by atoms with Gasteiger partial charge in [-0.05, 0) is 43.7 Å². The molecule has 0 fully saturated rings. The number of benzene rings is 3. The first-order valence-corrected chi connectivity index (χ1v) is 12.2. The summed E-state index contributed by atoms with van der Waals surface area (Å²) >= 11 is 7.58. The van der Waals surface area contributed by atoms with E-state index in [0.717, 1.165) is 11.3 Å². The number of nitrogens with one attached hydrogen (secondary N) is 1. The summed E-state index contributed by atoms with van der Waals surface area (Å²) in [5.41, 5.74) is 1.94. The zero-order valence-electron chi connectivity index (χ0n) is 18.9. The Hall–Kier alpha value is -3.29. The summed E-state index contributed by atoms with van der Waals surface area (Å²) in [4.78, 5) is 12.9. The molecule has 1 heterocycles. The van der Waals surface area contributed by atoms with Crippen molar-refractivity contribution in [3.8, 4) is 11.4 Å². The van der Waals surface area contributed by atoms with Crippen LogP contribution in [-0.4, -0.2) is 25.9 Å². The molecule has 174 valence electrons. The van der Waals surface area contributed by atoms with Gasteiger partial charge in [-0.3, -0.25) is 9.36 Å². The van der Waals surface area contributed by atoms with Crippen molar-refractivity contribution in [1.82, 2.24) is 20.1 Å². The average molecular weight is 493 g/mol. The third kappa shape index (κ3) is 5.79. The molecule has 0 saturated heterocycles. The van der Waals surface area contributed by atoms with Crippen LogP contribution in [0.4, 0.5) is 0 Å². The molecule has 1 N–H and O–H groups in total. The van der Waals surface area contributed by atoms with Crippen LogP contribution < -0.4 is 10.1 Å². The fourth-order valence-corrected chi connectivity index (χ4v) is 4.46. The normalized spacial score (nSPS) is 12.7. The van der Waals surface area contributed by atoms with Gasteiger partial charge in [0.05, 0.1) is 16.3 Å². The Morgan fingerprint density at radius 2 is 1.62 bits per heavy atom. The molecule has 0 aliphatic carbocycles. The van der Waals surface area contributed by atoms with E-state index in [2.05, 4.69) is 15.5 Å². The lowest BCUT2D eigenvalue weighted by Gasteiger charge is -2.18. The number of halogens is 1. The van der Waals surface area contributed by atoms with E-state index in [9.17, 15) is 4.79 Å². The summed E-state index contributed by atoms with van der Waals surface area (Å²) in [6.07, 6.45) is 0. The molecule has 1 aromatic heterocycles. The lowest BCUT2D eigenvalue weighted by atomic mass is 10.1. The highest BCUT2D eigenvalue weighted by atomic mass is 35.5. The minimum Gasteiger partial charge on any atom is -0.484 e. The van der Waals surface area contributed by atoms with Gasteiger partial charge in [0.1, 0.15) is 12.4 Å². The number of hydrogen-bond donors (Lipinski definition) is 1. The molecule has 0 spiro atoms. The second kappa shape index (κ2) is 11.2. The molecule has 0 aliphatic rings. The van der Waals surface area contributed by atoms with E-state index in [0.29, 0.717) is 21.8 Å². The number of rotatable bonds is 9. The highest BCUT2D eigenvalue weighted by Crippen LogP contribution is 2.28. The van der Waals surface area contributed by atoms with Crippen LogP contribution in [0.5, 0.6) is 5.75 Å². The second-order valence-electron chi connectivity index (χ2n) is 7.69. The predicted octanol–water partition coefficient (Wildman–Crippen LogP) is 5.86. The van der Waals surface area contributed by atoms with Crippen molar-refractivity contribution in [2.24, 2.45) is 0 Å². The van der Waals surface area contributed by atoms with Crippen molar-refractivity contribution in [3.63, 3.8) is 0 Å². The van der Waals surface area contributed by atoms with Crippen molar-refractivity contribution in [2.75, 3.05) is 0 Å². The van der Waals surface area contributed by atoms with Gasteiger partial charge in [0.2, 0.25) is 5.91 Å². The fraction of sp³-hybridized carbons (Fsp3) is 0.192. The molecule has 0 saturated carbocycles. The lowest BCUT2D eigenvalue weighted by molar-refractivity contribution is -0.120. The zero-order chi connectivity index (χ0) is 23.9. The molecule has 1 amide bonds. The van der Waals surface area contributed by atoms with Crippen molar-refractivity contribution in [3.05, 3.63) is 101 Å². The van der Waals surface area contributed by atoms with E-state index in [1.54, 1.807) is 6.07 Å². The fourth-order valence-electron chi connectivity index (χ4n) is 3.38. The largest absolute Gasteiger partial charge is 0.484 e. The summed E-state index contributed by atoms with van der Waals surface area (Å²) < 4.78 is 7.82. The third-order valence-electron chi connectivity index (χ3n) is 5.22. The van der Waals surface area contributed by atoms with E-state index in [4.69, 9.17) is 16.3 Å². The first-order valence-electron chi connectivity index (χ1n) is 10.9. The molecule has 2 atom stereocenters. The van der Waals surface area contributed by atoms with Gasteiger partial charge in [0, 0.05) is 5.69 Å². The number of thioether (sulfide) groups is 1. The third-order valence-corrected chi connectivity index (χ3v) is 6.57. The molecule has 0 aliphatic heterocycles. The monoisotopic (exact) mass is 492 g/mol.